The lowest BCUT2D eigenvalue weighted by Crippen LogP contribution is -2.24. The van der Waals surface area contributed by atoms with Gasteiger partial charge in [0.15, 0.2) is 0 Å². The first kappa shape index (κ1) is 27.4. The zero-order chi connectivity index (χ0) is 27.2. The molecule has 6 nitrogen and oxygen atoms in total. The molecule has 0 aromatic heterocycles. The van der Waals surface area contributed by atoms with E-state index in [0.717, 1.165) is 17.7 Å². The summed E-state index contributed by atoms with van der Waals surface area (Å²) in [4.78, 5) is 39.2. The van der Waals surface area contributed by atoms with Crippen LogP contribution in [0.5, 0.6) is 0 Å². The number of hydrogen-bond acceptors (Lipinski definition) is 4. The van der Waals surface area contributed by atoms with Crippen molar-refractivity contribution < 1.29 is 32.3 Å². The minimum atomic E-state index is -4.47. The fourth-order valence-corrected chi connectivity index (χ4v) is 3.71. The number of esters is 1. The Bertz CT molecular complexity index is 1290. The van der Waals surface area contributed by atoms with Crippen LogP contribution in [0.2, 0.25) is 0 Å². The van der Waals surface area contributed by atoms with Crippen LogP contribution in [0.3, 0.4) is 0 Å². The number of nitrogens with zero attached hydrogens (tertiary/aromatic N) is 1. The van der Waals surface area contributed by atoms with Crippen LogP contribution in [0.15, 0.2) is 66.7 Å². The van der Waals surface area contributed by atoms with E-state index in [-0.39, 0.29) is 41.7 Å². The first-order valence-electron chi connectivity index (χ1n) is 11.6. The van der Waals surface area contributed by atoms with E-state index in [0.29, 0.717) is 17.5 Å². The maximum Gasteiger partial charge on any atom is 0.416 e. The number of anilines is 1. The number of nitrogens with one attached hydrogen (secondary N) is 1. The second-order valence-corrected chi connectivity index (χ2v) is 8.46. The summed E-state index contributed by atoms with van der Waals surface area (Å²) in [6.45, 7) is 2.00. The molecule has 0 radical (unpaired) electrons. The number of alkyl halides is 3. The van der Waals surface area contributed by atoms with E-state index in [4.69, 9.17) is 4.74 Å². The molecule has 0 aliphatic rings. The van der Waals surface area contributed by atoms with Crippen molar-refractivity contribution in [1.82, 2.24) is 4.90 Å². The summed E-state index contributed by atoms with van der Waals surface area (Å²) in [6.07, 6.45) is -3.96. The third kappa shape index (κ3) is 6.97. The van der Waals surface area contributed by atoms with Crippen molar-refractivity contribution in [2.24, 2.45) is 0 Å². The molecule has 0 fully saturated rings. The molecule has 3 aromatic carbocycles. The summed E-state index contributed by atoms with van der Waals surface area (Å²) >= 11 is 0. The van der Waals surface area contributed by atoms with Gasteiger partial charge in [0.2, 0.25) is 0 Å². The topological polar surface area (TPSA) is 75.7 Å². The fourth-order valence-electron chi connectivity index (χ4n) is 3.71. The van der Waals surface area contributed by atoms with Crippen molar-refractivity contribution in [3.05, 3.63) is 89.0 Å². The number of rotatable bonds is 8. The molecular formula is C28H27F3N2O4. The van der Waals surface area contributed by atoms with E-state index in [1.165, 1.54) is 17.0 Å². The molecule has 0 aliphatic heterocycles. The largest absolute Gasteiger partial charge is 0.466 e. The van der Waals surface area contributed by atoms with Gasteiger partial charge in [0.25, 0.3) is 11.8 Å². The lowest BCUT2D eigenvalue weighted by molar-refractivity contribution is -0.143. The highest BCUT2D eigenvalue weighted by Gasteiger charge is 2.30. The van der Waals surface area contributed by atoms with Crippen LogP contribution in [-0.2, 0) is 22.1 Å². The minimum Gasteiger partial charge on any atom is -0.466 e. The van der Waals surface area contributed by atoms with Crippen LogP contribution < -0.4 is 5.32 Å². The normalized spacial score (nSPS) is 11.1. The van der Waals surface area contributed by atoms with E-state index >= 15 is 0 Å². The summed E-state index contributed by atoms with van der Waals surface area (Å²) in [5.41, 5.74) is 1.57. The van der Waals surface area contributed by atoms with Gasteiger partial charge < -0.3 is 15.0 Å². The van der Waals surface area contributed by atoms with Gasteiger partial charge in [-0.05, 0) is 60.4 Å². The Labute approximate surface area is 213 Å². The highest BCUT2D eigenvalue weighted by molar-refractivity contribution is 6.11. The summed E-state index contributed by atoms with van der Waals surface area (Å²) in [5, 5.41) is 2.76. The molecule has 1 N–H and O–H groups in total. The van der Waals surface area contributed by atoms with E-state index < -0.39 is 17.6 Å². The summed E-state index contributed by atoms with van der Waals surface area (Å²) in [7, 11) is 3.16. The summed E-state index contributed by atoms with van der Waals surface area (Å²) in [5.74, 6) is -1.22. The molecule has 3 aromatic rings. The van der Waals surface area contributed by atoms with Crippen molar-refractivity contribution in [2.75, 3.05) is 26.0 Å². The monoisotopic (exact) mass is 512 g/mol. The van der Waals surface area contributed by atoms with Gasteiger partial charge >= 0.3 is 12.1 Å². The number of amides is 2. The molecule has 0 heterocycles. The maximum absolute atomic E-state index is 13.3. The Kier molecular flexibility index (Phi) is 8.70. The van der Waals surface area contributed by atoms with Crippen LogP contribution in [0, 0.1) is 0 Å². The van der Waals surface area contributed by atoms with Gasteiger partial charge in [-0.3, -0.25) is 14.4 Å². The number of ether oxygens (including phenoxy) is 1. The third-order valence-corrected chi connectivity index (χ3v) is 5.59. The van der Waals surface area contributed by atoms with Crippen molar-refractivity contribution in [1.29, 1.82) is 0 Å². The average Bonchev–Trinajstić information content (AvgIpc) is 2.87. The van der Waals surface area contributed by atoms with Crippen molar-refractivity contribution in [2.45, 2.75) is 25.9 Å². The average molecular weight is 513 g/mol. The molecule has 0 saturated carbocycles. The van der Waals surface area contributed by atoms with Crippen molar-refractivity contribution in [3.8, 4) is 11.1 Å². The Morgan fingerprint density at radius 3 is 2.22 bits per heavy atom. The smallest absolute Gasteiger partial charge is 0.416 e. The first-order chi connectivity index (χ1) is 17.5. The fraction of sp³-hybridized carbons (Fsp3) is 0.250. The van der Waals surface area contributed by atoms with Gasteiger partial charge in [-0.2, -0.15) is 13.2 Å². The van der Waals surface area contributed by atoms with Crippen LogP contribution in [0.1, 0.15) is 45.2 Å². The Morgan fingerprint density at radius 1 is 0.919 bits per heavy atom. The molecule has 0 unspecified atom stereocenters. The molecule has 0 spiro atoms. The number of carbonyl (C=O) groups excluding carboxylic acids is 3. The molecule has 0 aliphatic carbocycles. The molecule has 2 amide bonds. The zero-order valence-electron chi connectivity index (χ0n) is 20.7. The van der Waals surface area contributed by atoms with E-state index in [2.05, 4.69) is 5.32 Å². The molecule has 0 atom stereocenters. The first-order valence-corrected chi connectivity index (χ1v) is 11.6. The standard InChI is InChI=1S/C28H27F3N2O4/c1-4-37-25(34)16-10-18-9-15-24(23(17-18)27(36)33(2)3)32-26(35)22-8-6-5-7-21(22)19-11-13-20(14-12-19)28(29,30)31/h5-9,11-15,17H,4,10,16H2,1-3H3,(H,32,35). The van der Waals surface area contributed by atoms with Crippen LogP contribution in [0.25, 0.3) is 11.1 Å². The number of hydrogen-bond donors (Lipinski definition) is 1. The van der Waals surface area contributed by atoms with Gasteiger partial charge in [0.05, 0.1) is 23.4 Å². The summed E-state index contributed by atoms with van der Waals surface area (Å²) < 4.78 is 43.8. The molecule has 37 heavy (non-hydrogen) atoms. The Hall–Kier alpha value is -4.14. The second-order valence-electron chi connectivity index (χ2n) is 8.46. The van der Waals surface area contributed by atoms with E-state index in [1.807, 2.05) is 0 Å². The molecule has 9 heteroatoms. The van der Waals surface area contributed by atoms with Gasteiger partial charge in [-0.1, -0.05) is 36.4 Å². The van der Waals surface area contributed by atoms with Crippen molar-refractivity contribution in [3.63, 3.8) is 0 Å². The highest BCUT2D eigenvalue weighted by Crippen LogP contribution is 2.32. The third-order valence-electron chi connectivity index (χ3n) is 5.59. The summed E-state index contributed by atoms with van der Waals surface area (Å²) in [6, 6.07) is 16.0. The Balaban J connectivity index is 1.90. The Morgan fingerprint density at radius 2 is 1.59 bits per heavy atom. The minimum absolute atomic E-state index is 0.148. The molecule has 194 valence electrons. The quantitative estimate of drug-likeness (QED) is 0.386. The molecule has 3 rings (SSSR count). The predicted molar refractivity (Wildman–Crippen MR) is 134 cm³/mol. The SMILES string of the molecule is CCOC(=O)CCc1ccc(NC(=O)c2ccccc2-c2ccc(C(F)(F)F)cc2)c(C(=O)N(C)C)c1. The zero-order valence-corrected chi connectivity index (χ0v) is 20.7. The van der Waals surface area contributed by atoms with Gasteiger partial charge in [-0.25, -0.2) is 0 Å². The second kappa shape index (κ2) is 11.7. The van der Waals surface area contributed by atoms with Crippen LogP contribution in [-0.4, -0.2) is 43.4 Å². The number of halogens is 3. The maximum atomic E-state index is 13.3. The molecule has 0 saturated heterocycles. The number of benzene rings is 3. The molecular weight excluding hydrogens is 485 g/mol. The highest BCUT2D eigenvalue weighted by atomic mass is 19.4. The van der Waals surface area contributed by atoms with Gasteiger partial charge in [0, 0.05) is 26.1 Å². The van der Waals surface area contributed by atoms with E-state index in [9.17, 15) is 27.6 Å². The van der Waals surface area contributed by atoms with Crippen LogP contribution >= 0.6 is 0 Å². The lowest BCUT2D eigenvalue weighted by atomic mass is 9.97. The van der Waals surface area contributed by atoms with Gasteiger partial charge in [-0.15, -0.1) is 0 Å². The van der Waals surface area contributed by atoms with Crippen LogP contribution in [0.4, 0.5) is 18.9 Å². The predicted octanol–water partition coefficient (Wildman–Crippen LogP) is 5.82. The van der Waals surface area contributed by atoms with E-state index in [1.54, 1.807) is 63.5 Å². The van der Waals surface area contributed by atoms with Crippen molar-refractivity contribution >= 4 is 23.5 Å². The molecule has 0 bridgehead atoms. The lowest BCUT2D eigenvalue weighted by Gasteiger charge is -2.17. The van der Waals surface area contributed by atoms with Gasteiger partial charge in [0.1, 0.15) is 0 Å². The number of aryl methyl sites for hydroxylation is 1. The number of carbonyl (C=O) groups is 3.